The van der Waals surface area contributed by atoms with Gasteiger partial charge >= 0.3 is 12.4 Å². The Balaban J connectivity index is 1.44. The topological polar surface area (TPSA) is 114 Å². The van der Waals surface area contributed by atoms with Crippen molar-refractivity contribution < 1.29 is 40.6 Å². The SMILES string of the molecule is C[C@@H](COCC(=O)N(C)C1CCN(c2ncc(C(F)(F)F)cn2)CC1)Oc1cn[nH]c(=O)c1C(F)(F)F. The number of nitrogens with one attached hydrogen (secondary N) is 1. The monoisotopic (exact) mass is 538 g/mol. The van der Waals surface area contributed by atoms with Crippen LogP contribution in [0.1, 0.15) is 30.9 Å². The average Bonchev–Trinajstić information content (AvgIpc) is 2.82. The molecule has 37 heavy (non-hydrogen) atoms. The highest BCUT2D eigenvalue weighted by Crippen LogP contribution is 2.33. The first-order valence-corrected chi connectivity index (χ1v) is 11.1. The molecule has 1 fully saturated rings. The zero-order valence-corrected chi connectivity index (χ0v) is 19.8. The summed E-state index contributed by atoms with van der Waals surface area (Å²) < 4.78 is 87.8. The van der Waals surface area contributed by atoms with Crippen LogP contribution in [0.25, 0.3) is 0 Å². The molecule has 0 spiro atoms. The fourth-order valence-electron chi connectivity index (χ4n) is 3.69. The molecule has 16 heteroatoms. The van der Waals surface area contributed by atoms with Crippen molar-refractivity contribution in [3.8, 4) is 5.75 Å². The van der Waals surface area contributed by atoms with Gasteiger partial charge in [0.05, 0.1) is 18.4 Å². The summed E-state index contributed by atoms with van der Waals surface area (Å²) in [6.07, 6.45) is -7.17. The second kappa shape index (κ2) is 11.3. The number of H-pyrrole nitrogens is 1. The first-order valence-electron chi connectivity index (χ1n) is 11.1. The minimum Gasteiger partial charge on any atom is -0.486 e. The van der Waals surface area contributed by atoms with E-state index in [0.717, 1.165) is 18.6 Å². The molecule has 1 atom stereocenters. The molecular formula is C21H24F6N6O4. The van der Waals surface area contributed by atoms with Gasteiger partial charge in [0, 0.05) is 38.6 Å². The standard InChI is InChI=1S/C21H24F6N6O4/c1-12(37-15-9-30-31-18(35)17(15)21(25,26)27)10-36-11-16(34)32(2)14-3-5-33(6-4-14)19-28-7-13(8-29-19)20(22,23)24/h7-9,12,14H,3-6,10-11H2,1-2H3,(H,31,35)/t12-/m0/s1. The number of aromatic nitrogens is 4. The van der Waals surface area contributed by atoms with Crippen LogP contribution in [0.4, 0.5) is 32.3 Å². The van der Waals surface area contributed by atoms with E-state index in [2.05, 4.69) is 15.1 Å². The number of halogens is 6. The van der Waals surface area contributed by atoms with Crippen LogP contribution >= 0.6 is 0 Å². The highest BCUT2D eigenvalue weighted by molar-refractivity contribution is 5.77. The number of carbonyl (C=O) groups excluding carboxylic acids is 1. The molecule has 1 amide bonds. The van der Waals surface area contributed by atoms with Crippen LogP contribution in [0.15, 0.2) is 23.4 Å². The maximum absolute atomic E-state index is 13.1. The molecule has 10 nitrogen and oxygen atoms in total. The number of anilines is 1. The number of hydrogen-bond donors (Lipinski definition) is 1. The molecule has 3 heterocycles. The van der Waals surface area contributed by atoms with E-state index in [0.29, 0.717) is 25.9 Å². The minimum absolute atomic E-state index is 0.160. The number of piperidine rings is 1. The molecule has 0 bridgehead atoms. The fourth-order valence-corrected chi connectivity index (χ4v) is 3.69. The number of likely N-dealkylation sites (N-methyl/N-ethyl adjacent to an activating group) is 1. The van der Waals surface area contributed by atoms with E-state index in [1.54, 1.807) is 17.0 Å². The lowest BCUT2D eigenvalue weighted by Crippen LogP contribution is -2.47. The quantitative estimate of drug-likeness (QED) is 0.511. The van der Waals surface area contributed by atoms with E-state index in [-0.39, 0.29) is 31.1 Å². The number of amides is 1. The van der Waals surface area contributed by atoms with Crippen LogP contribution in [-0.2, 0) is 21.9 Å². The van der Waals surface area contributed by atoms with Crippen molar-refractivity contribution in [1.29, 1.82) is 0 Å². The maximum atomic E-state index is 13.1. The number of rotatable bonds is 8. The zero-order valence-electron chi connectivity index (χ0n) is 19.8. The van der Waals surface area contributed by atoms with Crippen molar-refractivity contribution in [3.63, 3.8) is 0 Å². The summed E-state index contributed by atoms with van der Waals surface area (Å²) in [6, 6.07) is -0.160. The summed E-state index contributed by atoms with van der Waals surface area (Å²) in [4.78, 5) is 34.8. The van der Waals surface area contributed by atoms with Gasteiger partial charge in [0.2, 0.25) is 11.9 Å². The van der Waals surface area contributed by atoms with Gasteiger partial charge in [-0.2, -0.15) is 31.4 Å². The largest absolute Gasteiger partial charge is 0.486 e. The van der Waals surface area contributed by atoms with E-state index in [4.69, 9.17) is 9.47 Å². The number of carbonyl (C=O) groups is 1. The molecule has 1 N–H and O–H groups in total. The van der Waals surface area contributed by atoms with Gasteiger partial charge in [0.25, 0.3) is 5.56 Å². The Kier molecular flexibility index (Phi) is 8.60. The molecule has 0 aliphatic carbocycles. The predicted octanol–water partition coefficient (Wildman–Crippen LogP) is 2.51. The van der Waals surface area contributed by atoms with E-state index in [1.165, 1.54) is 11.8 Å². The number of nitrogens with zero attached hydrogens (tertiary/aromatic N) is 5. The lowest BCUT2D eigenvalue weighted by atomic mass is 10.0. The normalized spacial score (nSPS) is 15.9. The summed E-state index contributed by atoms with van der Waals surface area (Å²) in [7, 11) is 1.58. The number of ether oxygens (including phenoxy) is 2. The smallest absolute Gasteiger partial charge is 0.425 e. The van der Waals surface area contributed by atoms with E-state index in [9.17, 15) is 35.9 Å². The van der Waals surface area contributed by atoms with Gasteiger partial charge < -0.3 is 19.3 Å². The van der Waals surface area contributed by atoms with Gasteiger partial charge in [0.15, 0.2) is 11.3 Å². The maximum Gasteiger partial charge on any atom is 0.425 e. The van der Waals surface area contributed by atoms with Crippen LogP contribution in [0.3, 0.4) is 0 Å². The molecule has 1 aliphatic rings. The first kappa shape index (κ1) is 28.1. The Morgan fingerprint density at radius 1 is 1.14 bits per heavy atom. The Bertz CT molecular complexity index is 1120. The van der Waals surface area contributed by atoms with E-state index >= 15 is 0 Å². The van der Waals surface area contributed by atoms with Gasteiger partial charge in [-0.25, -0.2) is 15.1 Å². The Morgan fingerprint density at radius 3 is 2.32 bits per heavy atom. The van der Waals surface area contributed by atoms with Gasteiger partial charge in [-0.15, -0.1) is 0 Å². The Morgan fingerprint density at radius 2 is 1.76 bits per heavy atom. The summed E-state index contributed by atoms with van der Waals surface area (Å²) >= 11 is 0. The Labute approximate surface area is 206 Å². The molecule has 204 valence electrons. The molecule has 3 rings (SSSR count). The van der Waals surface area contributed by atoms with Gasteiger partial charge in [0.1, 0.15) is 12.7 Å². The van der Waals surface area contributed by atoms with E-state index in [1.807, 2.05) is 0 Å². The van der Waals surface area contributed by atoms with Crippen LogP contribution in [0.5, 0.6) is 5.75 Å². The van der Waals surface area contributed by atoms with Crippen molar-refractivity contribution >= 4 is 11.9 Å². The summed E-state index contributed by atoms with van der Waals surface area (Å²) in [6.45, 7) is 1.67. The van der Waals surface area contributed by atoms with E-state index < -0.39 is 40.9 Å². The van der Waals surface area contributed by atoms with Gasteiger partial charge in [-0.05, 0) is 19.8 Å². The third-order valence-electron chi connectivity index (χ3n) is 5.67. The van der Waals surface area contributed by atoms with Gasteiger partial charge in [-0.1, -0.05) is 0 Å². The number of aromatic amines is 1. The highest BCUT2D eigenvalue weighted by atomic mass is 19.4. The second-order valence-electron chi connectivity index (χ2n) is 8.37. The second-order valence-corrected chi connectivity index (χ2v) is 8.37. The lowest BCUT2D eigenvalue weighted by Gasteiger charge is -2.36. The van der Waals surface area contributed by atoms with Crippen LogP contribution in [0, 0.1) is 0 Å². The van der Waals surface area contributed by atoms with Crippen molar-refractivity contribution in [2.24, 2.45) is 0 Å². The van der Waals surface area contributed by atoms with Gasteiger partial charge in [-0.3, -0.25) is 9.59 Å². The number of hydrogen-bond acceptors (Lipinski definition) is 8. The van der Waals surface area contributed by atoms with Crippen molar-refractivity contribution in [1.82, 2.24) is 25.1 Å². The molecule has 2 aromatic rings. The summed E-state index contributed by atoms with van der Waals surface area (Å²) in [5.41, 5.74) is -3.89. The third kappa shape index (κ3) is 7.30. The lowest BCUT2D eigenvalue weighted by molar-refractivity contribution is -0.141. The van der Waals surface area contributed by atoms with Crippen molar-refractivity contribution in [2.45, 2.75) is 44.3 Å². The minimum atomic E-state index is -4.95. The molecule has 0 aromatic carbocycles. The molecule has 1 aliphatic heterocycles. The zero-order chi connectivity index (χ0) is 27.4. The first-order chi connectivity index (χ1) is 17.3. The molecular weight excluding hydrogens is 514 g/mol. The summed E-state index contributed by atoms with van der Waals surface area (Å²) in [5, 5.41) is 5.02. The van der Waals surface area contributed by atoms with Crippen LogP contribution < -0.4 is 15.2 Å². The summed E-state index contributed by atoms with van der Waals surface area (Å²) in [5.74, 6) is -0.952. The fraction of sp³-hybridized carbons (Fsp3) is 0.571. The van der Waals surface area contributed by atoms with Crippen LogP contribution in [-0.4, -0.2) is 76.5 Å². The molecule has 0 radical (unpaired) electrons. The highest BCUT2D eigenvalue weighted by Gasteiger charge is 2.38. The third-order valence-corrected chi connectivity index (χ3v) is 5.67. The van der Waals surface area contributed by atoms with Crippen LogP contribution in [0.2, 0.25) is 0 Å². The molecule has 0 unspecified atom stereocenters. The average molecular weight is 538 g/mol. The van der Waals surface area contributed by atoms with Crippen molar-refractivity contribution in [2.75, 3.05) is 38.3 Å². The molecule has 2 aromatic heterocycles. The molecule has 1 saturated heterocycles. The Hall–Kier alpha value is -3.43. The molecule has 0 saturated carbocycles. The number of alkyl halides is 6. The predicted molar refractivity (Wildman–Crippen MR) is 116 cm³/mol. The van der Waals surface area contributed by atoms with Crippen molar-refractivity contribution in [3.05, 3.63) is 40.1 Å².